The Kier molecular flexibility index (Phi) is 2.75. The Hall–Kier alpha value is -1.54. The zero-order valence-corrected chi connectivity index (χ0v) is 10.9. The lowest BCUT2D eigenvalue weighted by molar-refractivity contribution is -0.117. The van der Waals surface area contributed by atoms with Crippen LogP contribution in [0.4, 0.5) is 5.69 Å². The van der Waals surface area contributed by atoms with Crippen LogP contribution in [0.25, 0.3) is 10.8 Å². The van der Waals surface area contributed by atoms with Gasteiger partial charge in [-0.15, -0.1) is 11.6 Å². The van der Waals surface area contributed by atoms with E-state index >= 15 is 0 Å². The van der Waals surface area contributed by atoms with Crippen molar-refractivity contribution in [3.8, 4) is 0 Å². The van der Waals surface area contributed by atoms with Crippen molar-refractivity contribution in [1.82, 2.24) is 0 Å². The summed E-state index contributed by atoms with van der Waals surface area (Å²) in [5.74, 6) is 0.120. The van der Waals surface area contributed by atoms with E-state index in [1.807, 2.05) is 24.0 Å². The molecule has 1 atom stereocenters. The van der Waals surface area contributed by atoms with E-state index in [9.17, 15) is 4.79 Å². The zero-order chi connectivity index (χ0) is 12.7. The van der Waals surface area contributed by atoms with E-state index in [1.165, 1.54) is 0 Å². The van der Waals surface area contributed by atoms with E-state index in [-0.39, 0.29) is 11.3 Å². The number of hydrogen-bond acceptors (Lipinski definition) is 1. The van der Waals surface area contributed by atoms with Crippen LogP contribution in [0.3, 0.4) is 0 Å². The molecule has 0 saturated carbocycles. The van der Waals surface area contributed by atoms with Crippen LogP contribution in [0.5, 0.6) is 0 Å². The minimum Gasteiger partial charge on any atom is -0.310 e. The highest BCUT2D eigenvalue weighted by molar-refractivity contribution is 6.24. The lowest BCUT2D eigenvalue weighted by Crippen LogP contribution is -2.25. The van der Waals surface area contributed by atoms with Crippen LogP contribution in [0, 0.1) is 6.92 Å². The van der Waals surface area contributed by atoms with Gasteiger partial charge in [0, 0.05) is 18.4 Å². The fourth-order valence-electron chi connectivity index (χ4n) is 2.60. The predicted octanol–water partition coefficient (Wildman–Crippen LogP) is 3.49. The van der Waals surface area contributed by atoms with Crippen LogP contribution in [0.1, 0.15) is 12.0 Å². The molecule has 0 spiro atoms. The van der Waals surface area contributed by atoms with Gasteiger partial charge in [0.25, 0.3) is 0 Å². The fraction of sp³-hybridized carbons (Fsp3) is 0.267. The normalized spacial score (nSPS) is 19.8. The minimum absolute atomic E-state index is 0.0733. The molecule has 1 amide bonds. The molecule has 2 aromatic carbocycles. The first-order valence-corrected chi connectivity index (χ1v) is 6.53. The van der Waals surface area contributed by atoms with Crippen molar-refractivity contribution >= 4 is 34.0 Å². The summed E-state index contributed by atoms with van der Waals surface area (Å²) in [6.07, 6.45) is 0.435. The van der Waals surface area contributed by atoms with Gasteiger partial charge in [0.15, 0.2) is 0 Å². The first kappa shape index (κ1) is 11.5. The third kappa shape index (κ3) is 1.77. The Morgan fingerprint density at radius 1 is 1.22 bits per heavy atom. The Morgan fingerprint density at radius 3 is 2.72 bits per heavy atom. The van der Waals surface area contributed by atoms with Crippen LogP contribution in [0.15, 0.2) is 36.4 Å². The maximum atomic E-state index is 12.0. The molecule has 1 aliphatic heterocycles. The van der Waals surface area contributed by atoms with Crippen molar-refractivity contribution < 1.29 is 4.79 Å². The maximum absolute atomic E-state index is 12.0. The average Bonchev–Trinajstić information content (AvgIpc) is 2.68. The van der Waals surface area contributed by atoms with Crippen molar-refractivity contribution in [2.24, 2.45) is 0 Å². The zero-order valence-electron chi connectivity index (χ0n) is 10.2. The average molecular weight is 260 g/mol. The van der Waals surface area contributed by atoms with Gasteiger partial charge >= 0.3 is 0 Å². The van der Waals surface area contributed by atoms with Gasteiger partial charge in [-0.3, -0.25) is 4.79 Å². The molecule has 0 aromatic heterocycles. The third-order valence-corrected chi connectivity index (χ3v) is 3.74. The van der Waals surface area contributed by atoms with Crippen molar-refractivity contribution in [3.05, 3.63) is 42.0 Å². The third-order valence-electron chi connectivity index (χ3n) is 3.45. The highest BCUT2D eigenvalue weighted by Gasteiger charge is 2.30. The number of alkyl halides is 1. The van der Waals surface area contributed by atoms with Gasteiger partial charge in [-0.1, -0.05) is 36.4 Å². The number of carbonyl (C=O) groups excluding carboxylic acids is 1. The number of aryl methyl sites for hydroxylation is 1. The molecule has 18 heavy (non-hydrogen) atoms. The number of amides is 1. The largest absolute Gasteiger partial charge is 0.310 e. The molecule has 1 heterocycles. The molecule has 3 rings (SSSR count). The van der Waals surface area contributed by atoms with E-state index in [1.54, 1.807) is 0 Å². The number of fused-ring (bicyclic) bond motifs is 1. The van der Waals surface area contributed by atoms with Gasteiger partial charge in [0.1, 0.15) is 0 Å². The smallest absolute Gasteiger partial charge is 0.228 e. The van der Waals surface area contributed by atoms with Crippen molar-refractivity contribution in [3.63, 3.8) is 0 Å². The van der Waals surface area contributed by atoms with E-state index < -0.39 is 0 Å². The Balaban J connectivity index is 2.22. The number of halogens is 1. The lowest BCUT2D eigenvalue weighted by Gasteiger charge is -2.20. The van der Waals surface area contributed by atoms with Crippen LogP contribution >= 0.6 is 11.6 Å². The number of benzene rings is 2. The summed E-state index contributed by atoms with van der Waals surface area (Å²) < 4.78 is 0. The van der Waals surface area contributed by atoms with Gasteiger partial charge in [0.05, 0.1) is 11.1 Å². The van der Waals surface area contributed by atoms with Crippen LogP contribution in [-0.2, 0) is 4.79 Å². The summed E-state index contributed by atoms with van der Waals surface area (Å²) in [6, 6.07) is 12.3. The van der Waals surface area contributed by atoms with E-state index in [4.69, 9.17) is 11.6 Å². The molecule has 2 aromatic rings. The molecule has 3 heteroatoms. The minimum atomic E-state index is -0.0733. The summed E-state index contributed by atoms with van der Waals surface area (Å²) in [6.45, 7) is 2.64. The molecule has 1 unspecified atom stereocenters. The van der Waals surface area contributed by atoms with E-state index in [0.29, 0.717) is 13.0 Å². The monoisotopic (exact) mass is 259 g/mol. The molecular formula is C15H14ClNO. The second-order valence-electron chi connectivity index (χ2n) is 4.76. The summed E-state index contributed by atoms with van der Waals surface area (Å²) in [4.78, 5) is 13.9. The van der Waals surface area contributed by atoms with Crippen LogP contribution < -0.4 is 4.90 Å². The van der Waals surface area contributed by atoms with Crippen molar-refractivity contribution in [2.75, 3.05) is 11.4 Å². The van der Waals surface area contributed by atoms with Crippen molar-refractivity contribution in [2.45, 2.75) is 18.7 Å². The summed E-state index contributed by atoms with van der Waals surface area (Å²) in [7, 11) is 0. The first-order chi connectivity index (χ1) is 8.66. The molecule has 2 nitrogen and oxygen atoms in total. The molecule has 1 fully saturated rings. The second kappa shape index (κ2) is 4.29. The number of anilines is 1. The number of hydrogen-bond donors (Lipinski definition) is 0. The van der Waals surface area contributed by atoms with Gasteiger partial charge in [-0.25, -0.2) is 0 Å². The van der Waals surface area contributed by atoms with E-state index in [2.05, 4.69) is 24.3 Å². The van der Waals surface area contributed by atoms with Crippen LogP contribution in [-0.4, -0.2) is 17.8 Å². The second-order valence-corrected chi connectivity index (χ2v) is 5.38. The number of carbonyl (C=O) groups is 1. The quantitative estimate of drug-likeness (QED) is 0.718. The summed E-state index contributed by atoms with van der Waals surface area (Å²) >= 11 is 6.09. The predicted molar refractivity (Wildman–Crippen MR) is 75.3 cm³/mol. The number of nitrogens with zero attached hydrogens (tertiary/aromatic N) is 1. The van der Waals surface area contributed by atoms with Gasteiger partial charge < -0.3 is 4.90 Å². The molecule has 92 valence electrons. The van der Waals surface area contributed by atoms with Gasteiger partial charge in [0.2, 0.25) is 5.91 Å². The highest BCUT2D eigenvalue weighted by atomic mass is 35.5. The van der Waals surface area contributed by atoms with E-state index in [0.717, 1.165) is 22.0 Å². The standard InChI is InChI=1S/C15H14ClNO/c1-10-6-7-11-4-2-3-5-13(11)15(10)17-9-12(16)8-14(17)18/h2-7,12H,8-9H2,1H3. The lowest BCUT2D eigenvalue weighted by atomic mass is 10.0. The molecule has 0 aliphatic carbocycles. The molecule has 0 bridgehead atoms. The molecule has 1 saturated heterocycles. The topological polar surface area (TPSA) is 20.3 Å². The SMILES string of the molecule is Cc1ccc2ccccc2c1N1CC(Cl)CC1=O. The van der Waals surface area contributed by atoms with Gasteiger partial charge in [-0.2, -0.15) is 0 Å². The Morgan fingerprint density at radius 2 is 2.00 bits per heavy atom. The van der Waals surface area contributed by atoms with Crippen LogP contribution in [0.2, 0.25) is 0 Å². The first-order valence-electron chi connectivity index (χ1n) is 6.09. The molecule has 1 aliphatic rings. The van der Waals surface area contributed by atoms with Crippen molar-refractivity contribution in [1.29, 1.82) is 0 Å². The maximum Gasteiger partial charge on any atom is 0.228 e. The summed E-state index contributed by atoms with van der Waals surface area (Å²) in [5.41, 5.74) is 2.13. The molecule has 0 radical (unpaired) electrons. The highest BCUT2D eigenvalue weighted by Crippen LogP contribution is 2.34. The Bertz CT molecular complexity index is 623. The molecular weight excluding hydrogens is 246 g/mol. The molecule has 0 N–H and O–H groups in total. The summed E-state index contributed by atoms with van der Waals surface area (Å²) in [5, 5.41) is 2.21. The number of rotatable bonds is 1. The van der Waals surface area contributed by atoms with Gasteiger partial charge in [-0.05, 0) is 17.9 Å². The Labute approximate surface area is 111 Å². The fourth-order valence-corrected chi connectivity index (χ4v) is 2.87.